The molecule has 1 aliphatic rings. The molecule has 0 atom stereocenters. The quantitative estimate of drug-likeness (QED) is 0.171. The van der Waals surface area contributed by atoms with E-state index in [2.05, 4.69) is 197 Å². The Morgan fingerprint density at radius 3 is 1.21 bits per heavy atom. The molecular formula is C45H38OSi2. The minimum Gasteiger partial charge on any atom is -0.457 e. The Hall–Kier alpha value is -5.23. The van der Waals surface area contributed by atoms with E-state index in [9.17, 15) is 0 Å². The average Bonchev–Trinajstić information content (AvgIpc) is 3.14. The number of ether oxygens (including phenoxy) is 1. The molecule has 8 rings (SSSR count). The van der Waals surface area contributed by atoms with Crippen molar-refractivity contribution >= 4 is 57.6 Å². The fourth-order valence-electron chi connectivity index (χ4n) is 8.25. The molecule has 0 saturated heterocycles. The summed E-state index contributed by atoms with van der Waals surface area (Å²) in [6.07, 6.45) is 0. The van der Waals surface area contributed by atoms with Crippen LogP contribution in [-0.2, 0) is 0 Å². The van der Waals surface area contributed by atoms with E-state index >= 15 is 0 Å². The SMILES string of the molecule is Cc1cc(C)c2c(c1)[Si](c1ccccc1)(c1ccccc1)c1cc([Si](c3ccccc3)(c3ccccc3)c3ccccc3)cc(C)c1O2. The molecule has 0 spiro atoms. The lowest BCUT2D eigenvalue weighted by Crippen LogP contribution is -2.79. The molecule has 3 heteroatoms. The largest absolute Gasteiger partial charge is 0.457 e. The van der Waals surface area contributed by atoms with Crippen LogP contribution in [0.5, 0.6) is 11.5 Å². The molecule has 0 saturated carbocycles. The maximum absolute atomic E-state index is 7.13. The minimum atomic E-state index is -2.89. The summed E-state index contributed by atoms with van der Waals surface area (Å²) >= 11 is 0. The van der Waals surface area contributed by atoms with Gasteiger partial charge in [-0.15, -0.1) is 0 Å². The Morgan fingerprint density at radius 1 is 0.396 bits per heavy atom. The van der Waals surface area contributed by atoms with Gasteiger partial charge in [-0.2, -0.15) is 0 Å². The Labute approximate surface area is 286 Å². The number of hydrogen-bond donors (Lipinski definition) is 0. The van der Waals surface area contributed by atoms with Crippen LogP contribution >= 0.6 is 0 Å². The van der Waals surface area contributed by atoms with Crippen molar-refractivity contribution in [2.75, 3.05) is 0 Å². The van der Waals surface area contributed by atoms with Gasteiger partial charge >= 0.3 is 0 Å². The monoisotopic (exact) mass is 650 g/mol. The van der Waals surface area contributed by atoms with E-state index in [4.69, 9.17) is 4.74 Å². The summed E-state index contributed by atoms with van der Waals surface area (Å²) in [5, 5.41) is 10.9. The van der Waals surface area contributed by atoms with Gasteiger partial charge in [0, 0.05) is 0 Å². The summed E-state index contributed by atoms with van der Waals surface area (Å²) in [7, 11) is -5.69. The Bertz CT molecular complexity index is 2080. The van der Waals surface area contributed by atoms with Crippen LogP contribution in [0.25, 0.3) is 0 Å². The van der Waals surface area contributed by atoms with Crippen molar-refractivity contribution in [3.05, 3.63) is 193 Å². The molecule has 0 radical (unpaired) electrons. The van der Waals surface area contributed by atoms with Crippen LogP contribution in [0, 0.1) is 20.8 Å². The number of rotatable bonds is 6. The summed E-state index contributed by atoms with van der Waals surface area (Å²) in [5.74, 6) is 2.02. The molecule has 0 amide bonds. The summed E-state index contributed by atoms with van der Waals surface area (Å²) < 4.78 is 7.13. The molecule has 1 nitrogen and oxygen atoms in total. The predicted molar refractivity (Wildman–Crippen MR) is 208 cm³/mol. The molecular weight excluding hydrogens is 613 g/mol. The fraction of sp³-hybridized carbons (Fsp3) is 0.0667. The highest BCUT2D eigenvalue weighted by Gasteiger charge is 2.51. The lowest BCUT2D eigenvalue weighted by Gasteiger charge is -2.42. The van der Waals surface area contributed by atoms with Crippen molar-refractivity contribution < 1.29 is 4.74 Å². The van der Waals surface area contributed by atoms with Crippen molar-refractivity contribution in [3.8, 4) is 11.5 Å². The molecule has 0 aliphatic carbocycles. The molecule has 0 fully saturated rings. The maximum atomic E-state index is 7.13. The maximum Gasteiger partial charge on any atom is 0.188 e. The van der Waals surface area contributed by atoms with Crippen LogP contribution < -0.4 is 46.2 Å². The zero-order chi connectivity index (χ0) is 32.7. The Balaban J connectivity index is 1.57. The number of benzene rings is 7. The molecule has 0 unspecified atom stereocenters. The first-order chi connectivity index (χ1) is 23.5. The van der Waals surface area contributed by atoms with Gasteiger partial charge in [-0.05, 0) is 73.4 Å². The molecule has 48 heavy (non-hydrogen) atoms. The first-order valence-electron chi connectivity index (χ1n) is 16.8. The molecule has 1 heterocycles. The van der Waals surface area contributed by atoms with Gasteiger partial charge in [0.25, 0.3) is 0 Å². The summed E-state index contributed by atoms with van der Waals surface area (Å²) in [6.45, 7) is 6.68. The minimum absolute atomic E-state index is 1.01. The van der Waals surface area contributed by atoms with E-state index in [1.54, 1.807) is 0 Å². The highest BCUT2D eigenvalue weighted by molar-refractivity contribution is 7.22. The second-order valence-electron chi connectivity index (χ2n) is 13.1. The third kappa shape index (κ3) is 4.57. The zero-order valence-electron chi connectivity index (χ0n) is 27.7. The lowest BCUT2D eigenvalue weighted by molar-refractivity contribution is 0.479. The third-order valence-electron chi connectivity index (χ3n) is 10.2. The summed E-state index contributed by atoms with van der Waals surface area (Å²) in [6, 6.07) is 65.9. The van der Waals surface area contributed by atoms with Gasteiger partial charge < -0.3 is 4.74 Å². The molecule has 0 aromatic heterocycles. The standard InChI is InChI=1S/C45H38OSi2/c1-33-29-34(2)44-42(30-33)48(39-25-15-7-16-26-39,40-27-17-8-18-28-40)43-32-41(31-35(3)45(43)46-44)47(36-19-9-4-10-20-36,37-21-11-5-12-22-37)38-23-13-6-14-24-38/h4-32H,1-3H3. The van der Waals surface area contributed by atoms with E-state index in [-0.39, 0.29) is 0 Å². The lowest BCUT2D eigenvalue weighted by atomic mass is 10.1. The molecule has 232 valence electrons. The van der Waals surface area contributed by atoms with Crippen LogP contribution in [0.3, 0.4) is 0 Å². The molecule has 7 aromatic carbocycles. The topological polar surface area (TPSA) is 9.23 Å². The number of fused-ring (bicyclic) bond motifs is 2. The number of aryl methyl sites for hydroxylation is 3. The first-order valence-corrected chi connectivity index (χ1v) is 20.8. The second kappa shape index (κ2) is 12.1. The van der Waals surface area contributed by atoms with E-state index in [1.807, 2.05) is 0 Å². The van der Waals surface area contributed by atoms with Crippen molar-refractivity contribution in [2.45, 2.75) is 20.8 Å². The van der Waals surface area contributed by atoms with Crippen LogP contribution in [0.15, 0.2) is 176 Å². The van der Waals surface area contributed by atoms with Crippen molar-refractivity contribution in [1.29, 1.82) is 0 Å². The van der Waals surface area contributed by atoms with Crippen LogP contribution in [-0.4, -0.2) is 16.1 Å². The van der Waals surface area contributed by atoms with Gasteiger partial charge in [-0.25, -0.2) is 0 Å². The van der Waals surface area contributed by atoms with Crippen molar-refractivity contribution in [1.82, 2.24) is 0 Å². The van der Waals surface area contributed by atoms with E-state index in [0.717, 1.165) is 11.5 Å². The summed E-state index contributed by atoms with van der Waals surface area (Å²) in [4.78, 5) is 0. The average molecular weight is 651 g/mol. The van der Waals surface area contributed by atoms with Crippen molar-refractivity contribution in [3.63, 3.8) is 0 Å². The van der Waals surface area contributed by atoms with Gasteiger partial charge in [0.05, 0.1) is 0 Å². The Morgan fingerprint density at radius 2 is 0.771 bits per heavy atom. The fourth-order valence-corrected chi connectivity index (χ4v) is 18.5. The first kappa shape index (κ1) is 30.1. The van der Waals surface area contributed by atoms with Gasteiger partial charge in [-0.3, -0.25) is 0 Å². The van der Waals surface area contributed by atoms with Crippen LogP contribution in [0.4, 0.5) is 0 Å². The molecule has 0 N–H and O–H groups in total. The normalized spacial score (nSPS) is 13.2. The zero-order valence-corrected chi connectivity index (χ0v) is 29.7. The number of hydrogen-bond acceptors (Lipinski definition) is 1. The van der Waals surface area contributed by atoms with E-state index < -0.39 is 16.1 Å². The van der Waals surface area contributed by atoms with Gasteiger partial charge in [0.1, 0.15) is 11.5 Å². The van der Waals surface area contributed by atoms with Crippen LogP contribution in [0.1, 0.15) is 16.7 Å². The smallest absolute Gasteiger partial charge is 0.188 e. The molecule has 7 aromatic rings. The van der Waals surface area contributed by atoms with Crippen molar-refractivity contribution in [2.24, 2.45) is 0 Å². The second-order valence-corrected chi connectivity index (χ2v) is 20.6. The van der Waals surface area contributed by atoms with Gasteiger partial charge in [0.15, 0.2) is 16.1 Å². The van der Waals surface area contributed by atoms with E-state index in [1.165, 1.54) is 58.2 Å². The highest BCUT2D eigenvalue weighted by Crippen LogP contribution is 2.34. The van der Waals surface area contributed by atoms with Crippen LogP contribution in [0.2, 0.25) is 0 Å². The Kier molecular flexibility index (Phi) is 7.59. The molecule has 1 aliphatic heterocycles. The van der Waals surface area contributed by atoms with Gasteiger partial charge in [0.2, 0.25) is 0 Å². The molecule has 0 bridgehead atoms. The highest BCUT2D eigenvalue weighted by atomic mass is 28.3. The third-order valence-corrected chi connectivity index (χ3v) is 19.7. The van der Waals surface area contributed by atoms with Gasteiger partial charge in [-0.1, -0.05) is 181 Å². The summed E-state index contributed by atoms with van der Waals surface area (Å²) in [5.41, 5.74) is 3.62. The predicted octanol–water partition coefficient (Wildman–Crippen LogP) is 5.47. The van der Waals surface area contributed by atoms with E-state index in [0.29, 0.717) is 0 Å².